The molecule has 20 heavy (non-hydrogen) atoms. The minimum absolute atomic E-state index is 0.212. The van der Waals surface area contributed by atoms with Crippen molar-refractivity contribution in [3.63, 3.8) is 0 Å². The normalized spacial score (nSPS) is 13.6. The molecule has 0 aliphatic rings. The predicted octanol–water partition coefficient (Wildman–Crippen LogP) is 4.96. The number of hydrogen-bond acceptors (Lipinski definition) is 1. The van der Waals surface area contributed by atoms with Crippen molar-refractivity contribution < 1.29 is 0 Å². The van der Waals surface area contributed by atoms with E-state index in [-0.39, 0.29) is 5.54 Å². The molecule has 1 aromatic rings. The van der Waals surface area contributed by atoms with Crippen molar-refractivity contribution in [2.45, 2.75) is 73.3 Å². The molecule has 0 saturated heterocycles. The molecule has 1 heteroatoms. The summed E-state index contributed by atoms with van der Waals surface area (Å²) in [5.41, 5.74) is 6.07. The molecular weight excluding hydrogens is 242 g/mol. The number of rotatable bonds is 6. The van der Waals surface area contributed by atoms with Crippen LogP contribution in [0.5, 0.6) is 0 Å². The maximum atomic E-state index is 3.68. The van der Waals surface area contributed by atoms with Gasteiger partial charge in [0.1, 0.15) is 0 Å². The molecule has 1 nitrogen and oxygen atoms in total. The third kappa shape index (κ3) is 5.66. The Bertz CT molecular complexity index is 403. The van der Waals surface area contributed by atoms with Gasteiger partial charge in [-0.3, -0.25) is 0 Å². The summed E-state index contributed by atoms with van der Waals surface area (Å²) < 4.78 is 0. The van der Waals surface area contributed by atoms with Crippen LogP contribution < -0.4 is 5.32 Å². The van der Waals surface area contributed by atoms with E-state index in [1.165, 1.54) is 36.0 Å². The highest BCUT2D eigenvalue weighted by Gasteiger charge is 2.16. The third-order valence-corrected chi connectivity index (χ3v) is 3.95. The number of hydrogen-bond donors (Lipinski definition) is 1. The Hall–Kier alpha value is -0.820. The summed E-state index contributed by atoms with van der Waals surface area (Å²) in [6.07, 6.45) is 3.77. The van der Waals surface area contributed by atoms with Gasteiger partial charge in [0.05, 0.1) is 0 Å². The summed E-state index contributed by atoms with van der Waals surface area (Å²) in [5.74, 6) is 0.735. The molecule has 0 spiro atoms. The zero-order valence-electron chi connectivity index (χ0n) is 14.6. The number of aryl methyl sites for hydroxylation is 3. The van der Waals surface area contributed by atoms with Gasteiger partial charge in [-0.2, -0.15) is 0 Å². The van der Waals surface area contributed by atoms with Crippen molar-refractivity contribution in [1.82, 2.24) is 5.32 Å². The van der Waals surface area contributed by atoms with Crippen LogP contribution in [0.15, 0.2) is 12.1 Å². The van der Waals surface area contributed by atoms with Crippen molar-refractivity contribution in [3.8, 4) is 0 Å². The first-order chi connectivity index (χ1) is 9.23. The van der Waals surface area contributed by atoms with Gasteiger partial charge in [-0.25, -0.2) is 0 Å². The lowest BCUT2D eigenvalue weighted by Crippen LogP contribution is -2.39. The van der Waals surface area contributed by atoms with Crippen LogP contribution in [0.25, 0.3) is 0 Å². The molecule has 0 fully saturated rings. The molecule has 0 aromatic heterocycles. The lowest BCUT2D eigenvalue weighted by Gasteiger charge is -2.26. The maximum absolute atomic E-state index is 3.68. The van der Waals surface area contributed by atoms with E-state index in [2.05, 4.69) is 65.9 Å². The molecule has 1 rings (SSSR count). The molecule has 0 heterocycles. The van der Waals surface area contributed by atoms with Crippen LogP contribution in [-0.4, -0.2) is 12.1 Å². The molecule has 0 aliphatic carbocycles. The van der Waals surface area contributed by atoms with E-state index in [9.17, 15) is 0 Å². The van der Waals surface area contributed by atoms with Crippen molar-refractivity contribution >= 4 is 0 Å². The summed E-state index contributed by atoms with van der Waals surface area (Å²) >= 11 is 0. The highest BCUT2D eigenvalue weighted by Crippen LogP contribution is 2.22. The molecular formula is C19H33N. The summed E-state index contributed by atoms with van der Waals surface area (Å²) in [4.78, 5) is 0. The van der Waals surface area contributed by atoms with Crippen molar-refractivity contribution in [3.05, 3.63) is 34.4 Å². The molecule has 0 bridgehead atoms. The molecule has 114 valence electrons. The summed E-state index contributed by atoms with van der Waals surface area (Å²) in [6.45, 7) is 16.9. The Balaban J connectivity index is 2.80. The largest absolute Gasteiger partial charge is 0.312 e. The summed E-state index contributed by atoms with van der Waals surface area (Å²) in [7, 11) is 0. The highest BCUT2D eigenvalue weighted by molar-refractivity contribution is 5.37. The van der Waals surface area contributed by atoms with Crippen LogP contribution >= 0.6 is 0 Å². The van der Waals surface area contributed by atoms with Gasteiger partial charge in [0, 0.05) is 5.54 Å². The summed E-state index contributed by atoms with van der Waals surface area (Å²) in [6, 6.07) is 4.64. The van der Waals surface area contributed by atoms with Crippen LogP contribution in [0.2, 0.25) is 0 Å². The average Bonchev–Trinajstić information content (AvgIpc) is 2.29. The lowest BCUT2D eigenvalue weighted by atomic mass is 9.88. The number of nitrogens with one attached hydrogen (secondary N) is 1. The fourth-order valence-corrected chi connectivity index (χ4v) is 2.96. The first-order valence-electron chi connectivity index (χ1n) is 8.04. The second kappa shape index (κ2) is 7.26. The van der Waals surface area contributed by atoms with Gasteiger partial charge in [-0.05, 0) is 83.5 Å². The van der Waals surface area contributed by atoms with E-state index in [1.807, 2.05) is 0 Å². The van der Waals surface area contributed by atoms with Gasteiger partial charge in [-0.1, -0.05) is 31.0 Å². The molecule has 1 atom stereocenters. The van der Waals surface area contributed by atoms with Crippen LogP contribution in [-0.2, 0) is 6.42 Å². The quantitative estimate of drug-likeness (QED) is 0.774. The Morgan fingerprint density at radius 1 is 1.05 bits per heavy atom. The topological polar surface area (TPSA) is 12.0 Å². The van der Waals surface area contributed by atoms with E-state index >= 15 is 0 Å². The lowest BCUT2D eigenvalue weighted by molar-refractivity contribution is 0.354. The average molecular weight is 275 g/mol. The van der Waals surface area contributed by atoms with Gasteiger partial charge in [0.2, 0.25) is 0 Å². The number of benzene rings is 1. The zero-order chi connectivity index (χ0) is 15.3. The maximum Gasteiger partial charge on any atom is 0.00966 e. The predicted molar refractivity (Wildman–Crippen MR) is 90.5 cm³/mol. The van der Waals surface area contributed by atoms with Gasteiger partial charge < -0.3 is 5.32 Å². The Morgan fingerprint density at radius 3 is 2.05 bits per heavy atom. The van der Waals surface area contributed by atoms with Gasteiger partial charge in [0.15, 0.2) is 0 Å². The van der Waals surface area contributed by atoms with E-state index in [0.29, 0.717) is 0 Å². The molecule has 1 N–H and O–H groups in total. The van der Waals surface area contributed by atoms with E-state index in [4.69, 9.17) is 0 Å². The van der Waals surface area contributed by atoms with E-state index < -0.39 is 0 Å². The minimum Gasteiger partial charge on any atom is -0.312 e. The fourth-order valence-electron chi connectivity index (χ4n) is 2.96. The highest BCUT2D eigenvalue weighted by atomic mass is 14.9. The SMILES string of the molecule is CCCC(CNC(C)(C)C)Cc1c(C)cc(C)cc1C. The smallest absolute Gasteiger partial charge is 0.00966 e. The standard InChI is InChI=1S/C19H33N/c1-8-9-17(13-20-19(5,6)7)12-18-15(3)10-14(2)11-16(18)4/h10-11,17,20H,8-9,12-13H2,1-7H3. The second-order valence-electron chi connectivity index (χ2n) is 7.37. The molecule has 1 aromatic carbocycles. The molecule has 0 saturated carbocycles. The Kier molecular flexibility index (Phi) is 6.26. The van der Waals surface area contributed by atoms with E-state index in [0.717, 1.165) is 12.5 Å². The van der Waals surface area contributed by atoms with Crippen LogP contribution in [0.4, 0.5) is 0 Å². The fraction of sp³-hybridized carbons (Fsp3) is 0.684. The molecule has 1 unspecified atom stereocenters. The molecule has 0 radical (unpaired) electrons. The summed E-state index contributed by atoms with van der Waals surface area (Å²) in [5, 5.41) is 3.68. The first-order valence-corrected chi connectivity index (χ1v) is 8.04. The monoisotopic (exact) mass is 275 g/mol. The Labute approximate surface area is 126 Å². The second-order valence-corrected chi connectivity index (χ2v) is 7.37. The van der Waals surface area contributed by atoms with Gasteiger partial charge >= 0.3 is 0 Å². The zero-order valence-corrected chi connectivity index (χ0v) is 14.6. The van der Waals surface area contributed by atoms with Crippen LogP contribution in [0.3, 0.4) is 0 Å². The minimum atomic E-state index is 0.212. The van der Waals surface area contributed by atoms with Crippen molar-refractivity contribution in [1.29, 1.82) is 0 Å². The Morgan fingerprint density at radius 2 is 1.60 bits per heavy atom. The van der Waals surface area contributed by atoms with Crippen molar-refractivity contribution in [2.24, 2.45) is 5.92 Å². The van der Waals surface area contributed by atoms with E-state index in [1.54, 1.807) is 5.56 Å². The first kappa shape index (κ1) is 17.2. The van der Waals surface area contributed by atoms with Gasteiger partial charge in [0.25, 0.3) is 0 Å². The van der Waals surface area contributed by atoms with Crippen LogP contribution in [0.1, 0.15) is 62.8 Å². The molecule has 0 amide bonds. The van der Waals surface area contributed by atoms with Crippen LogP contribution in [0, 0.1) is 26.7 Å². The van der Waals surface area contributed by atoms with Crippen molar-refractivity contribution in [2.75, 3.05) is 6.54 Å². The third-order valence-electron chi connectivity index (χ3n) is 3.95. The molecule has 0 aliphatic heterocycles. The van der Waals surface area contributed by atoms with Gasteiger partial charge in [-0.15, -0.1) is 0 Å².